The van der Waals surface area contributed by atoms with Crippen LogP contribution in [0.15, 0.2) is 12.2 Å². The molecule has 0 aromatic rings. The molecule has 0 N–H and O–H groups in total. The van der Waals surface area contributed by atoms with Crippen molar-refractivity contribution in [2.24, 2.45) is 5.92 Å². The predicted octanol–water partition coefficient (Wildman–Crippen LogP) is 3.97. The molecule has 68 valence electrons. The van der Waals surface area contributed by atoms with Gasteiger partial charge in [0.05, 0.1) is 6.67 Å². The van der Waals surface area contributed by atoms with E-state index in [0.717, 1.165) is 18.4 Å². The highest BCUT2D eigenvalue weighted by Crippen LogP contribution is 2.15. The van der Waals surface area contributed by atoms with Crippen LogP contribution in [0.25, 0.3) is 0 Å². The van der Waals surface area contributed by atoms with Gasteiger partial charge in [-0.1, -0.05) is 39.8 Å². The summed E-state index contributed by atoms with van der Waals surface area (Å²) < 4.78 is 12.0. The minimum Gasteiger partial charge on any atom is -0.250 e. The number of halogens is 1. The quantitative estimate of drug-likeness (QED) is 0.546. The van der Waals surface area contributed by atoms with E-state index in [9.17, 15) is 4.39 Å². The monoisotopic (exact) mass is 160 g/mol. The molecule has 0 bridgehead atoms. The van der Waals surface area contributed by atoms with E-state index in [1.54, 1.807) is 0 Å². The van der Waals surface area contributed by atoms with Crippen LogP contribution in [0.1, 0.15) is 40.5 Å². The van der Waals surface area contributed by atoms with Crippen molar-refractivity contribution in [2.45, 2.75) is 40.5 Å². The maximum Gasteiger partial charge on any atom is 0.0959 e. The molecular formula is C10H21F. The van der Waals surface area contributed by atoms with Gasteiger partial charge in [0.25, 0.3) is 0 Å². The van der Waals surface area contributed by atoms with Gasteiger partial charge in [-0.25, -0.2) is 0 Å². The van der Waals surface area contributed by atoms with Crippen molar-refractivity contribution in [1.29, 1.82) is 0 Å². The van der Waals surface area contributed by atoms with Crippen LogP contribution < -0.4 is 0 Å². The predicted molar refractivity (Wildman–Crippen MR) is 50.5 cm³/mol. The molecule has 1 heteroatoms. The smallest absolute Gasteiger partial charge is 0.0959 e. The fourth-order valence-corrected chi connectivity index (χ4v) is 0.796. The Balaban J connectivity index is 0. The third kappa shape index (κ3) is 6.08. The van der Waals surface area contributed by atoms with Crippen molar-refractivity contribution < 1.29 is 4.39 Å². The van der Waals surface area contributed by atoms with Crippen molar-refractivity contribution in [2.75, 3.05) is 6.67 Å². The fraction of sp³-hybridized carbons (Fsp3) is 0.800. The average Bonchev–Trinajstić information content (AvgIpc) is 2.10. The largest absolute Gasteiger partial charge is 0.250 e. The lowest BCUT2D eigenvalue weighted by Gasteiger charge is -2.10. The molecule has 0 aromatic carbocycles. The van der Waals surface area contributed by atoms with Gasteiger partial charge in [0.15, 0.2) is 0 Å². The molecule has 0 radical (unpaired) electrons. The van der Waals surface area contributed by atoms with Crippen LogP contribution in [0.5, 0.6) is 0 Å². The SMILES string of the molecule is C=C(CC)C(CC)CF.CC. The lowest BCUT2D eigenvalue weighted by molar-refractivity contribution is 0.386. The van der Waals surface area contributed by atoms with E-state index in [0.29, 0.717) is 0 Å². The van der Waals surface area contributed by atoms with Crippen molar-refractivity contribution >= 4 is 0 Å². The van der Waals surface area contributed by atoms with Gasteiger partial charge in [0.2, 0.25) is 0 Å². The van der Waals surface area contributed by atoms with Gasteiger partial charge in [-0.05, 0) is 12.8 Å². The number of allylic oxidation sites excluding steroid dienone is 1. The van der Waals surface area contributed by atoms with Gasteiger partial charge >= 0.3 is 0 Å². The Hall–Kier alpha value is -0.330. The summed E-state index contributed by atoms with van der Waals surface area (Å²) in [6.45, 7) is 11.5. The molecule has 11 heavy (non-hydrogen) atoms. The zero-order valence-corrected chi connectivity index (χ0v) is 8.28. The lowest BCUT2D eigenvalue weighted by Crippen LogP contribution is -2.02. The first-order valence-corrected chi connectivity index (χ1v) is 4.49. The molecule has 0 aromatic heterocycles. The third-order valence-electron chi connectivity index (χ3n) is 1.71. The molecule has 0 aliphatic rings. The summed E-state index contributed by atoms with van der Waals surface area (Å²) in [6.07, 6.45) is 1.78. The molecule has 0 nitrogen and oxygen atoms in total. The number of hydrogen-bond donors (Lipinski definition) is 0. The summed E-state index contributed by atoms with van der Waals surface area (Å²) in [5, 5.41) is 0. The Morgan fingerprint density at radius 3 is 1.91 bits per heavy atom. The highest BCUT2D eigenvalue weighted by molar-refractivity contribution is 4.98. The van der Waals surface area contributed by atoms with Crippen molar-refractivity contribution in [3.8, 4) is 0 Å². The number of rotatable bonds is 4. The van der Waals surface area contributed by atoms with Gasteiger partial charge < -0.3 is 0 Å². The van der Waals surface area contributed by atoms with Crippen LogP contribution in [0, 0.1) is 5.92 Å². The molecule has 0 fully saturated rings. The van der Waals surface area contributed by atoms with Gasteiger partial charge in [-0.3, -0.25) is 4.39 Å². The maximum absolute atomic E-state index is 12.0. The fourth-order valence-electron chi connectivity index (χ4n) is 0.796. The molecule has 1 unspecified atom stereocenters. The van der Waals surface area contributed by atoms with Crippen molar-refractivity contribution in [3.05, 3.63) is 12.2 Å². The van der Waals surface area contributed by atoms with Gasteiger partial charge in [-0.2, -0.15) is 0 Å². The van der Waals surface area contributed by atoms with Crippen LogP contribution in [0.4, 0.5) is 4.39 Å². The van der Waals surface area contributed by atoms with Gasteiger partial charge in [-0.15, -0.1) is 0 Å². The molecule has 0 saturated carbocycles. The van der Waals surface area contributed by atoms with Gasteiger partial charge in [0, 0.05) is 5.92 Å². The standard InChI is InChI=1S/C8H15F.C2H6/c1-4-7(3)8(5-2)6-9;1-2/h8H,3-6H2,1-2H3;1-2H3. The minimum atomic E-state index is -0.247. The highest BCUT2D eigenvalue weighted by Gasteiger charge is 2.06. The van der Waals surface area contributed by atoms with Crippen LogP contribution in [0.3, 0.4) is 0 Å². The van der Waals surface area contributed by atoms with Crippen LogP contribution in [-0.4, -0.2) is 6.67 Å². The summed E-state index contributed by atoms with van der Waals surface area (Å²) in [6, 6.07) is 0. The van der Waals surface area contributed by atoms with E-state index >= 15 is 0 Å². The first-order chi connectivity index (χ1) is 5.26. The first-order valence-electron chi connectivity index (χ1n) is 4.49. The Morgan fingerprint density at radius 2 is 1.82 bits per heavy atom. The molecule has 0 spiro atoms. The van der Waals surface area contributed by atoms with Gasteiger partial charge in [0.1, 0.15) is 0 Å². The summed E-state index contributed by atoms with van der Waals surface area (Å²) >= 11 is 0. The zero-order chi connectivity index (χ0) is 9.28. The zero-order valence-electron chi connectivity index (χ0n) is 8.28. The molecular weight excluding hydrogens is 139 g/mol. The molecule has 1 atom stereocenters. The second kappa shape index (κ2) is 9.67. The highest BCUT2D eigenvalue weighted by atomic mass is 19.1. The Kier molecular flexibility index (Phi) is 11.7. The Bertz CT molecular complexity index is 82.9. The summed E-state index contributed by atoms with van der Waals surface area (Å²) in [5.74, 6) is 0.106. The summed E-state index contributed by atoms with van der Waals surface area (Å²) in [5.41, 5.74) is 1.04. The topological polar surface area (TPSA) is 0 Å². The second-order valence-corrected chi connectivity index (χ2v) is 2.27. The van der Waals surface area contributed by atoms with E-state index in [1.807, 2.05) is 27.7 Å². The Labute approximate surface area is 70.5 Å². The third-order valence-corrected chi connectivity index (χ3v) is 1.71. The molecule has 0 aliphatic heterocycles. The molecule has 0 amide bonds. The van der Waals surface area contributed by atoms with E-state index in [1.165, 1.54) is 0 Å². The molecule has 0 aliphatic carbocycles. The number of hydrogen-bond acceptors (Lipinski definition) is 0. The lowest BCUT2D eigenvalue weighted by atomic mass is 9.97. The van der Waals surface area contributed by atoms with Crippen LogP contribution in [0.2, 0.25) is 0 Å². The second-order valence-electron chi connectivity index (χ2n) is 2.27. The normalized spacial score (nSPS) is 11.4. The van der Waals surface area contributed by atoms with Crippen LogP contribution >= 0.6 is 0 Å². The molecule has 0 saturated heterocycles. The maximum atomic E-state index is 12.0. The van der Waals surface area contributed by atoms with E-state index in [-0.39, 0.29) is 12.6 Å². The van der Waals surface area contributed by atoms with Crippen LogP contribution in [-0.2, 0) is 0 Å². The summed E-state index contributed by atoms with van der Waals surface area (Å²) in [4.78, 5) is 0. The van der Waals surface area contributed by atoms with E-state index in [2.05, 4.69) is 6.58 Å². The molecule has 0 heterocycles. The van der Waals surface area contributed by atoms with E-state index < -0.39 is 0 Å². The molecule has 0 rings (SSSR count). The number of alkyl halides is 1. The first kappa shape index (κ1) is 13.3. The van der Waals surface area contributed by atoms with E-state index in [4.69, 9.17) is 0 Å². The Morgan fingerprint density at radius 1 is 1.36 bits per heavy atom. The van der Waals surface area contributed by atoms with Crippen molar-refractivity contribution in [1.82, 2.24) is 0 Å². The summed E-state index contributed by atoms with van der Waals surface area (Å²) in [7, 11) is 0. The average molecular weight is 160 g/mol. The minimum absolute atomic E-state index is 0.106. The van der Waals surface area contributed by atoms with Crippen molar-refractivity contribution in [3.63, 3.8) is 0 Å².